The summed E-state index contributed by atoms with van der Waals surface area (Å²) >= 11 is 0. The first-order valence-electron chi connectivity index (χ1n) is 11.4. The van der Waals surface area contributed by atoms with E-state index in [1.165, 1.54) is 32.1 Å². The van der Waals surface area contributed by atoms with Gasteiger partial charge in [0.15, 0.2) is 0 Å². The van der Waals surface area contributed by atoms with Crippen LogP contribution in [0.4, 0.5) is 0 Å². The van der Waals surface area contributed by atoms with Gasteiger partial charge in [-0.25, -0.2) is 0 Å². The van der Waals surface area contributed by atoms with E-state index in [1.807, 2.05) is 47.2 Å². The average Bonchev–Trinajstić information content (AvgIpc) is 2.73. The summed E-state index contributed by atoms with van der Waals surface area (Å²) in [5.41, 5.74) is 0. The van der Waals surface area contributed by atoms with Gasteiger partial charge >= 0.3 is 0 Å². The van der Waals surface area contributed by atoms with Crippen molar-refractivity contribution in [2.24, 2.45) is 5.92 Å². The van der Waals surface area contributed by atoms with Crippen LogP contribution in [0.1, 0.15) is 64.2 Å². The van der Waals surface area contributed by atoms with Crippen molar-refractivity contribution < 1.29 is 14.3 Å². The van der Waals surface area contributed by atoms with Gasteiger partial charge in [0.05, 0.1) is 13.0 Å². The first kappa shape index (κ1) is 21.7. The molecular weight excluding hydrogens is 364 g/mol. The van der Waals surface area contributed by atoms with E-state index >= 15 is 0 Å². The van der Waals surface area contributed by atoms with Gasteiger partial charge in [0, 0.05) is 32.1 Å². The third kappa shape index (κ3) is 6.48. The normalized spacial score (nSPS) is 19.3. The van der Waals surface area contributed by atoms with E-state index in [2.05, 4.69) is 0 Å². The van der Waals surface area contributed by atoms with Gasteiger partial charge in [0.2, 0.25) is 11.8 Å². The summed E-state index contributed by atoms with van der Waals surface area (Å²) < 4.78 is 5.64. The molecule has 1 aliphatic heterocycles. The molecule has 0 radical (unpaired) electrons. The van der Waals surface area contributed by atoms with Crippen LogP contribution >= 0.6 is 0 Å². The molecule has 1 saturated carbocycles. The number of carbonyl (C=O) groups is 2. The van der Waals surface area contributed by atoms with Gasteiger partial charge in [-0.1, -0.05) is 50.3 Å². The molecule has 2 amide bonds. The van der Waals surface area contributed by atoms with E-state index in [4.69, 9.17) is 4.74 Å². The predicted molar refractivity (Wildman–Crippen MR) is 115 cm³/mol. The fourth-order valence-electron chi connectivity index (χ4n) is 4.60. The van der Waals surface area contributed by atoms with Gasteiger partial charge in [-0.2, -0.15) is 0 Å². The maximum atomic E-state index is 13.0. The van der Waals surface area contributed by atoms with Crippen molar-refractivity contribution in [1.82, 2.24) is 9.80 Å². The summed E-state index contributed by atoms with van der Waals surface area (Å²) in [6.45, 7) is 1.75. The van der Waals surface area contributed by atoms with Gasteiger partial charge in [-0.05, 0) is 37.8 Å². The van der Waals surface area contributed by atoms with Crippen LogP contribution in [0.3, 0.4) is 0 Å². The van der Waals surface area contributed by atoms with Gasteiger partial charge in [-0.15, -0.1) is 0 Å². The smallest absolute Gasteiger partial charge is 0.225 e. The van der Waals surface area contributed by atoms with Crippen molar-refractivity contribution in [3.8, 4) is 5.75 Å². The van der Waals surface area contributed by atoms with E-state index in [0.29, 0.717) is 32.2 Å². The lowest BCUT2D eigenvalue weighted by atomic mass is 9.92. The fraction of sp³-hybridized carbons (Fsp3) is 0.667. The number of hydrogen-bond acceptors (Lipinski definition) is 3. The number of rotatable bonds is 6. The summed E-state index contributed by atoms with van der Waals surface area (Å²) in [7, 11) is 1.99. The Hall–Kier alpha value is -2.04. The van der Waals surface area contributed by atoms with Crippen molar-refractivity contribution in [1.29, 1.82) is 0 Å². The molecule has 5 nitrogen and oxygen atoms in total. The van der Waals surface area contributed by atoms with Crippen molar-refractivity contribution in [3.63, 3.8) is 0 Å². The standard InChI is InChI=1S/C24H36N2O3/c1-25(21-10-6-3-2-4-7-11-21)24(28)20-14-17-26(18-15-20)23(27)16-19-29-22-12-8-5-9-13-22/h5,8-9,12-13,20-21H,2-4,6-7,10-11,14-19H2,1H3. The van der Waals surface area contributed by atoms with Crippen LogP contribution in [-0.4, -0.2) is 54.4 Å². The molecule has 5 heteroatoms. The lowest BCUT2D eigenvalue weighted by Crippen LogP contribution is -2.46. The lowest BCUT2D eigenvalue weighted by molar-refractivity contribution is -0.141. The van der Waals surface area contributed by atoms with Crippen LogP contribution in [0, 0.1) is 5.92 Å². The van der Waals surface area contributed by atoms with Crippen LogP contribution in [0.5, 0.6) is 5.75 Å². The Balaban J connectivity index is 1.39. The number of benzene rings is 1. The van der Waals surface area contributed by atoms with Gasteiger partial charge in [-0.3, -0.25) is 9.59 Å². The van der Waals surface area contributed by atoms with Crippen LogP contribution in [0.25, 0.3) is 0 Å². The molecule has 1 saturated heterocycles. The van der Waals surface area contributed by atoms with Gasteiger partial charge in [0.1, 0.15) is 5.75 Å². The molecule has 0 bridgehead atoms. The molecule has 0 aromatic heterocycles. The summed E-state index contributed by atoms with van der Waals surface area (Å²) in [6, 6.07) is 9.98. The Morgan fingerprint density at radius 2 is 1.59 bits per heavy atom. The fourth-order valence-corrected chi connectivity index (χ4v) is 4.60. The second-order valence-electron chi connectivity index (χ2n) is 8.51. The number of para-hydroxylation sites is 1. The molecule has 0 atom stereocenters. The van der Waals surface area contributed by atoms with E-state index < -0.39 is 0 Å². The summed E-state index contributed by atoms with van der Waals surface area (Å²) in [4.78, 5) is 29.4. The predicted octanol–water partition coefficient (Wildman–Crippen LogP) is 4.27. The first-order valence-corrected chi connectivity index (χ1v) is 11.4. The Kier molecular flexibility index (Phi) is 8.38. The largest absolute Gasteiger partial charge is 0.493 e. The van der Waals surface area contributed by atoms with Crippen LogP contribution in [0.15, 0.2) is 30.3 Å². The lowest BCUT2D eigenvalue weighted by Gasteiger charge is -2.36. The van der Waals surface area contributed by atoms with Gasteiger partial charge < -0.3 is 14.5 Å². The number of nitrogens with zero attached hydrogens (tertiary/aromatic N) is 2. The minimum Gasteiger partial charge on any atom is -0.493 e. The Labute approximate surface area is 175 Å². The minimum absolute atomic E-state index is 0.0649. The van der Waals surface area contributed by atoms with E-state index in [9.17, 15) is 9.59 Å². The zero-order valence-electron chi connectivity index (χ0n) is 17.9. The first-order chi connectivity index (χ1) is 14.1. The third-order valence-corrected chi connectivity index (χ3v) is 6.49. The number of likely N-dealkylation sites (tertiary alicyclic amines) is 1. The number of amides is 2. The zero-order valence-corrected chi connectivity index (χ0v) is 17.9. The second-order valence-corrected chi connectivity index (χ2v) is 8.51. The van der Waals surface area contributed by atoms with Crippen molar-refractivity contribution >= 4 is 11.8 Å². The zero-order chi connectivity index (χ0) is 20.5. The highest BCUT2D eigenvalue weighted by atomic mass is 16.5. The number of hydrogen-bond donors (Lipinski definition) is 0. The molecule has 1 aromatic rings. The highest BCUT2D eigenvalue weighted by Crippen LogP contribution is 2.25. The molecule has 0 unspecified atom stereocenters. The van der Waals surface area contributed by atoms with Crippen LogP contribution in [-0.2, 0) is 9.59 Å². The minimum atomic E-state index is 0.0649. The second kappa shape index (κ2) is 11.2. The van der Waals surface area contributed by atoms with E-state index in [1.54, 1.807) is 0 Å². The Morgan fingerprint density at radius 1 is 0.966 bits per heavy atom. The Bertz CT molecular complexity index is 633. The molecule has 3 rings (SSSR count). The summed E-state index contributed by atoms with van der Waals surface area (Å²) in [6.07, 6.45) is 10.6. The maximum absolute atomic E-state index is 13.0. The van der Waals surface area contributed by atoms with Crippen molar-refractivity contribution in [2.45, 2.75) is 70.3 Å². The monoisotopic (exact) mass is 400 g/mol. The molecule has 1 heterocycles. The molecular formula is C24H36N2O3. The third-order valence-electron chi connectivity index (χ3n) is 6.49. The molecule has 29 heavy (non-hydrogen) atoms. The van der Waals surface area contributed by atoms with Gasteiger partial charge in [0.25, 0.3) is 0 Å². The molecule has 1 aliphatic carbocycles. The highest BCUT2D eigenvalue weighted by Gasteiger charge is 2.31. The van der Waals surface area contributed by atoms with Crippen LogP contribution < -0.4 is 4.74 Å². The van der Waals surface area contributed by atoms with E-state index in [0.717, 1.165) is 31.4 Å². The van der Waals surface area contributed by atoms with Crippen molar-refractivity contribution in [2.75, 3.05) is 26.7 Å². The SMILES string of the molecule is CN(C(=O)C1CCN(C(=O)CCOc2ccccc2)CC1)C1CCCCCCC1. The van der Waals surface area contributed by atoms with E-state index in [-0.39, 0.29) is 17.7 Å². The topological polar surface area (TPSA) is 49.9 Å². The molecule has 2 fully saturated rings. The molecule has 1 aromatic carbocycles. The average molecular weight is 401 g/mol. The number of carbonyl (C=O) groups excluding carboxylic acids is 2. The highest BCUT2D eigenvalue weighted by molar-refractivity contribution is 5.80. The maximum Gasteiger partial charge on any atom is 0.225 e. The summed E-state index contributed by atoms with van der Waals surface area (Å²) in [5.74, 6) is 1.27. The molecule has 160 valence electrons. The molecule has 0 N–H and O–H groups in total. The van der Waals surface area contributed by atoms with Crippen molar-refractivity contribution in [3.05, 3.63) is 30.3 Å². The molecule has 2 aliphatic rings. The number of ether oxygens (including phenoxy) is 1. The Morgan fingerprint density at radius 3 is 2.24 bits per heavy atom. The summed E-state index contributed by atoms with van der Waals surface area (Å²) in [5, 5.41) is 0. The van der Waals surface area contributed by atoms with Crippen LogP contribution in [0.2, 0.25) is 0 Å². The molecule has 0 spiro atoms. The quantitative estimate of drug-likeness (QED) is 0.717. The number of piperidine rings is 1.